The first kappa shape index (κ1) is 16.5. The van der Waals surface area contributed by atoms with E-state index in [-0.39, 0.29) is 22.9 Å². The zero-order valence-corrected chi connectivity index (χ0v) is 13.2. The quantitative estimate of drug-likeness (QED) is 0.218. The number of carbonyl (C=O) groups is 2. The molecule has 1 heterocycles. The molecule has 0 aromatic carbocycles. The number of esters is 1. The van der Waals surface area contributed by atoms with Gasteiger partial charge in [-0.05, 0) is 31.9 Å². The molecule has 0 saturated heterocycles. The molecular formula is C16H19ClN2O3. The first-order valence-corrected chi connectivity index (χ1v) is 7.79. The molecule has 1 aromatic rings. The van der Waals surface area contributed by atoms with Gasteiger partial charge in [0.1, 0.15) is 10.7 Å². The lowest BCUT2D eigenvalue weighted by Crippen LogP contribution is -2.25. The highest BCUT2D eigenvalue weighted by molar-refractivity contribution is 6.35. The third kappa shape index (κ3) is 4.07. The largest absolute Gasteiger partial charge is 0.462 e. The number of rotatable bonds is 6. The number of carbonyl (C=O) groups excluding carboxylic acids is 2. The van der Waals surface area contributed by atoms with Crippen LogP contribution in [0.25, 0.3) is 0 Å². The molecule has 1 aliphatic carbocycles. The van der Waals surface area contributed by atoms with Crippen LogP contribution in [0.5, 0.6) is 0 Å². The van der Waals surface area contributed by atoms with Gasteiger partial charge in [-0.1, -0.05) is 24.4 Å². The Morgan fingerprint density at radius 1 is 1.45 bits per heavy atom. The van der Waals surface area contributed by atoms with Crippen LogP contribution in [0.2, 0.25) is 5.15 Å². The molecule has 1 fully saturated rings. The van der Waals surface area contributed by atoms with Gasteiger partial charge in [0, 0.05) is 18.4 Å². The second-order valence-corrected chi connectivity index (χ2v) is 5.46. The average Bonchev–Trinajstić information content (AvgIpc) is 3.01. The van der Waals surface area contributed by atoms with Crippen LogP contribution in [0.3, 0.4) is 0 Å². The van der Waals surface area contributed by atoms with Gasteiger partial charge in [-0.15, -0.1) is 0 Å². The third-order valence-electron chi connectivity index (χ3n) is 3.56. The number of ketones is 1. The summed E-state index contributed by atoms with van der Waals surface area (Å²) in [4.78, 5) is 28.5. The monoisotopic (exact) mass is 322 g/mol. The molecule has 0 unspecified atom stereocenters. The van der Waals surface area contributed by atoms with Crippen LogP contribution >= 0.6 is 11.6 Å². The summed E-state index contributed by atoms with van der Waals surface area (Å²) < 4.78 is 4.97. The van der Waals surface area contributed by atoms with Crippen molar-refractivity contribution in [3.63, 3.8) is 0 Å². The zero-order chi connectivity index (χ0) is 15.9. The number of nitrogens with zero attached hydrogens (tertiary/aromatic N) is 1. The van der Waals surface area contributed by atoms with Crippen molar-refractivity contribution in [2.75, 3.05) is 6.61 Å². The molecule has 6 heteroatoms. The Kier molecular flexibility index (Phi) is 5.95. The Morgan fingerprint density at radius 2 is 2.18 bits per heavy atom. The van der Waals surface area contributed by atoms with E-state index >= 15 is 0 Å². The van der Waals surface area contributed by atoms with E-state index in [1.54, 1.807) is 19.1 Å². The second-order valence-electron chi connectivity index (χ2n) is 5.10. The summed E-state index contributed by atoms with van der Waals surface area (Å²) in [7, 11) is 0. The highest BCUT2D eigenvalue weighted by Gasteiger charge is 2.24. The number of hydrogen-bond acceptors (Lipinski definition) is 5. The molecule has 5 nitrogen and oxygen atoms in total. The minimum atomic E-state index is -0.655. The van der Waals surface area contributed by atoms with Crippen LogP contribution in [0.4, 0.5) is 0 Å². The van der Waals surface area contributed by atoms with E-state index in [1.165, 1.54) is 12.4 Å². The first-order chi connectivity index (χ1) is 10.6. The fourth-order valence-electron chi connectivity index (χ4n) is 2.42. The lowest BCUT2D eigenvalue weighted by molar-refractivity contribution is -0.138. The lowest BCUT2D eigenvalue weighted by atomic mass is 10.1. The average molecular weight is 323 g/mol. The summed E-state index contributed by atoms with van der Waals surface area (Å²) in [5.74, 6) is -1.14. The van der Waals surface area contributed by atoms with Gasteiger partial charge >= 0.3 is 5.97 Å². The summed E-state index contributed by atoms with van der Waals surface area (Å²) in [6.07, 6.45) is 7.33. The summed E-state index contributed by atoms with van der Waals surface area (Å²) >= 11 is 5.94. The Balaban J connectivity index is 2.23. The van der Waals surface area contributed by atoms with Crippen LogP contribution in [0, 0.1) is 0 Å². The maximum Gasteiger partial charge on any atom is 0.343 e. The minimum absolute atomic E-state index is 0.0522. The van der Waals surface area contributed by atoms with Crippen molar-refractivity contribution < 1.29 is 14.3 Å². The summed E-state index contributed by atoms with van der Waals surface area (Å²) in [5.41, 5.74) is 0.139. The molecule has 1 saturated carbocycles. The van der Waals surface area contributed by atoms with Crippen molar-refractivity contribution in [2.24, 2.45) is 0 Å². The number of ether oxygens (including phenoxy) is 1. The second kappa shape index (κ2) is 7.94. The molecule has 2 rings (SSSR count). The number of halogens is 1. The van der Waals surface area contributed by atoms with E-state index in [0.717, 1.165) is 25.7 Å². The number of aromatic nitrogens is 1. The van der Waals surface area contributed by atoms with Crippen LogP contribution in [0.15, 0.2) is 30.1 Å². The van der Waals surface area contributed by atoms with Crippen molar-refractivity contribution in [3.05, 3.63) is 40.8 Å². The number of Topliss-reactive ketones (excluding diaryl/α,β-unsaturated/α-hetero) is 1. The molecule has 118 valence electrons. The maximum atomic E-state index is 12.6. The SMILES string of the molecule is CCOC(=O)/C(=C/NC1CCCC1)C(=O)c1cccnc1Cl. The van der Waals surface area contributed by atoms with Gasteiger partial charge in [-0.25, -0.2) is 9.78 Å². The third-order valence-corrected chi connectivity index (χ3v) is 3.86. The van der Waals surface area contributed by atoms with Crippen LogP contribution in [-0.2, 0) is 9.53 Å². The highest BCUT2D eigenvalue weighted by atomic mass is 35.5. The number of nitrogens with one attached hydrogen (secondary N) is 1. The first-order valence-electron chi connectivity index (χ1n) is 7.42. The summed E-state index contributed by atoms with van der Waals surface area (Å²) in [6, 6.07) is 3.44. The van der Waals surface area contributed by atoms with Crippen molar-refractivity contribution in [1.29, 1.82) is 0 Å². The minimum Gasteiger partial charge on any atom is -0.462 e. The van der Waals surface area contributed by atoms with Gasteiger partial charge in [0.05, 0.1) is 12.2 Å². The van der Waals surface area contributed by atoms with Crippen molar-refractivity contribution in [3.8, 4) is 0 Å². The molecular weight excluding hydrogens is 304 g/mol. The van der Waals surface area contributed by atoms with Gasteiger partial charge in [-0.3, -0.25) is 4.79 Å². The smallest absolute Gasteiger partial charge is 0.343 e. The van der Waals surface area contributed by atoms with Crippen molar-refractivity contribution in [1.82, 2.24) is 10.3 Å². The highest BCUT2D eigenvalue weighted by Crippen LogP contribution is 2.20. The molecule has 0 spiro atoms. The Bertz CT molecular complexity index is 581. The molecule has 0 aliphatic heterocycles. The Labute approximate surface area is 134 Å². The van der Waals surface area contributed by atoms with E-state index in [4.69, 9.17) is 16.3 Å². The van der Waals surface area contributed by atoms with Gasteiger partial charge in [-0.2, -0.15) is 0 Å². The van der Waals surface area contributed by atoms with Gasteiger partial charge in [0.25, 0.3) is 0 Å². The topological polar surface area (TPSA) is 68.3 Å². The molecule has 0 atom stereocenters. The van der Waals surface area contributed by atoms with Crippen LogP contribution in [-0.4, -0.2) is 29.4 Å². The van der Waals surface area contributed by atoms with E-state index < -0.39 is 11.8 Å². The van der Waals surface area contributed by atoms with E-state index in [9.17, 15) is 9.59 Å². The molecule has 22 heavy (non-hydrogen) atoms. The van der Waals surface area contributed by atoms with Crippen LogP contribution in [0.1, 0.15) is 43.0 Å². The van der Waals surface area contributed by atoms with E-state index in [2.05, 4.69) is 10.3 Å². The molecule has 0 radical (unpaired) electrons. The number of hydrogen-bond donors (Lipinski definition) is 1. The van der Waals surface area contributed by atoms with E-state index in [0.29, 0.717) is 6.04 Å². The van der Waals surface area contributed by atoms with Crippen LogP contribution < -0.4 is 5.32 Å². The number of pyridine rings is 1. The van der Waals surface area contributed by atoms with Gasteiger partial charge in [0.2, 0.25) is 5.78 Å². The van der Waals surface area contributed by atoms with Crippen molar-refractivity contribution in [2.45, 2.75) is 38.6 Å². The predicted molar refractivity (Wildman–Crippen MR) is 83.7 cm³/mol. The molecule has 0 bridgehead atoms. The molecule has 1 aromatic heterocycles. The predicted octanol–water partition coefficient (Wildman–Crippen LogP) is 2.90. The molecule has 1 N–H and O–H groups in total. The Morgan fingerprint density at radius 3 is 2.82 bits per heavy atom. The standard InChI is InChI=1S/C16H19ClN2O3/c1-2-22-16(21)13(10-19-11-6-3-4-7-11)14(20)12-8-5-9-18-15(12)17/h5,8-11,19H,2-4,6-7H2,1H3/b13-10+. The molecule has 0 amide bonds. The van der Waals surface area contributed by atoms with Gasteiger partial charge in [0.15, 0.2) is 0 Å². The van der Waals surface area contributed by atoms with E-state index in [1.807, 2.05) is 0 Å². The fraction of sp³-hybridized carbons (Fsp3) is 0.438. The normalized spacial score (nSPS) is 15.6. The van der Waals surface area contributed by atoms with Crippen molar-refractivity contribution >= 4 is 23.4 Å². The summed E-state index contributed by atoms with van der Waals surface area (Å²) in [6.45, 7) is 1.90. The maximum absolute atomic E-state index is 12.6. The fourth-order valence-corrected chi connectivity index (χ4v) is 2.63. The summed E-state index contributed by atoms with van der Waals surface area (Å²) in [5, 5.41) is 3.22. The zero-order valence-electron chi connectivity index (χ0n) is 12.5. The molecule has 1 aliphatic rings. The van der Waals surface area contributed by atoms with Gasteiger partial charge < -0.3 is 10.1 Å². The Hall–Kier alpha value is -1.88. The lowest BCUT2D eigenvalue weighted by Gasteiger charge is -2.12.